The van der Waals surface area contributed by atoms with E-state index >= 15 is 0 Å². The highest BCUT2D eigenvalue weighted by atomic mass is 16.6. The molecule has 2 aromatic carbocycles. The highest BCUT2D eigenvalue weighted by Gasteiger charge is 2.23. The van der Waals surface area contributed by atoms with Crippen molar-refractivity contribution in [2.45, 2.75) is 45.9 Å². The van der Waals surface area contributed by atoms with Crippen LogP contribution >= 0.6 is 0 Å². The van der Waals surface area contributed by atoms with Crippen LogP contribution in [0, 0.1) is 24.0 Å². The van der Waals surface area contributed by atoms with Gasteiger partial charge in [-0.3, -0.25) is 14.9 Å². The molecule has 0 aliphatic carbocycles. The van der Waals surface area contributed by atoms with Crippen LogP contribution in [0.25, 0.3) is 0 Å². The van der Waals surface area contributed by atoms with Crippen LogP contribution in [0.4, 0.5) is 11.4 Å². The van der Waals surface area contributed by atoms with Crippen molar-refractivity contribution in [3.8, 4) is 0 Å². The van der Waals surface area contributed by atoms with Gasteiger partial charge < -0.3 is 19.4 Å². The van der Waals surface area contributed by atoms with E-state index < -0.39 is 17.5 Å². The number of ketones is 1. The number of carbonyl (C=O) groups excluding carboxylic acids is 2. The number of rotatable bonds is 10. The zero-order valence-corrected chi connectivity index (χ0v) is 20.4. The summed E-state index contributed by atoms with van der Waals surface area (Å²) in [5.74, 6) is -1.14. The molecular weight excluding hydrogens is 462 g/mol. The lowest BCUT2D eigenvalue weighted by atomic mass is 10.1. The van der Waals surface area contributed by atoms with Crippen LogP contribution in [0.3, 0.4) is 0 Å². The van der Waals surface area contributed by atoms with Crippen LogP contribution < -0.4 is 5.32 Å². The lowest BCUT2D eigenvalue weighted by Crippen LogP contribution is -2.18. The average molecular weight is 492 g/mol. The van der Waals surface area contributed by atoms with Crippen LogP contribution in [0.1, 0.15) is 50.5 Å². The number of nitro benzene ring substituents is 1. The number of ether oxygens (including phenoxy) is 2. The first-order valence-corrected chi connectivity index (χ1v) is 11.9. The fourth-order valence-corrected chi connectivity index (χ4v) is 4.40. The Labute approximate surface area is 209 Å². The standard InChI is InChI=1S/C27H29N3O6/c1-18-13-23(19(2)29(18)16-22-9-6-12-35-22)26(31)17-36-27(32)24-14-21(30(33)34)10-11-25(24)28-15-20-7-4-3-5-8-20/h3-5,7-8,10-11,13-14,22,28H,6,9,12,15-17H2,1-2H3/t22-/m1/s1. The van der Waals surface area contributed by atoms with E-state index in [0.717, 1.165) is 42.5 Å². The van der Waals surface area contributed by atoms with Crippen LogP contribution in [0.2, 0.25) is 0 Å². The molecule has 0 saturated carbocycles. The zero-order chi connectivity index (χ0) is 25.7. The van der Waals surface area contributed by atoms with Gasteiger partial charge in [-0.1, -0.05) is 30.3 Å². The van der Waals surface area contributed by atoms with Crippen molar-refractivity contribution in [2.75, 3.05) is 18.5 Å². The summed E-state index contributed by atoms with van der Waals surface area (Å²) in [6, 6.07) is 15.3. The molecule has 0 spiro atoms. The first kappa shape index (κ1) is 25.1. The van der Waals surface area contributed by atoms with Gasteiger partial charge in [0.1, 0.15) is 0 Å². The van der Waals surface area contributed by atoms with Gasteiger partial charge in [0, 0.05) is 54.5 Å². The lowest BCUT2D eigenvalue weighted by Gasteiger charge is -2.15. The van der Waals surface area contributed by atoms with E-state index in [0.29, 0.717) is 24.3 Å². The average Bonchev–Trinajstić information content (AvgIpc) is 3.50. The number of nitro groups is 1. The number of esters is 1. The number of anilines is 1. The van der Waals surface area contributed by atoms with Gasteiger partial charge in [-0.2, -0.15) is 0 Å². The predicted molar refractivity (Wildman–Crippen MR) is 134 cm³/mol. The molecule has 2 heterocycles. The third kappa shape index (κ3) is 5.80. The Morgan fingerprint density at radius 2 is 1.92 bits per heavy atom. The van der Waals surface area contributed by atoms with E-state index in [1.807, 2.05) is 44.2 Å². The number of aryl methyl sites for hydroxylation is 1. The van der Waals surface area contributed by atoms with Crippen molar-refractivity contribution in [2.24, 2.45) is 0 Å². The molecule has 3 aromatic rings. The fraction of sp³-hybridized carbons (Fsp3) is 0.333. The van der Waals surface area contributed by atoms with Crippen molar-refractivity contribution < 1.29 is 24.0 Å². The van der Waals surface area contributed by atoms with Gasteiger partial charge in [-0.25, -0.2) is 4.79 Å². The highest BCUT2D eigenvalue weighted by molar-refractivity contribution is 6.02. The molecule has 1 fully saturated rings. The maximum absolute atomic E-state index is 12.9. The molecule has 1 aliphatic heterocycles. The second kappa shape index (κ2) is 11.2. The van der Waals surface area contributed by atoms with E-state index in [4.69, 9.17) is 9.47 Å². The molecule has 1 atom stereocenters. The number of Topliss-reactive ketones (excluding diaryl/α,β-unsaturated/α-hetero) is 1. The molecule has 4 rings (SSSR count). The topological polar surface area (TPSA) is 113 Å². The lowest BCUT2D eigenvalue weighted by molar-refractivity contribution is -0.384. The molecule has 0 unspecified atom stereocenters. The molecule has 1 N–H and O–H groups in total. The van der Waals surface area contributed by atoms with Gasteiger partial charge in [0.05, 0.1) is 16.6 Å². The highest BCUT2D eigenvalue weighted by Crippen LogP contribution is 2.25. The molecule has 188 valence electrons. The Hall–Kier alpha value is -3.98. The normalized spacial score (nSPS) is 15.0. The zero-order valence-electron chi connectivity index (χ0n) is 20.4. The summed E-state index contributed by atoms with van der Waals surface area (Å²) in [4.78, 5) is 36.5. The molecule has 9 nitrogen and oxygen atoms in total. The van der Waals surface area contributed by atoms with E-state index in [2.05, 4.69) is 9.88 Å². The second-order valence-electron chi connectivity index (χ2n) is 8.86. The number of aromatic nitrogens is 1. The monoisotopic (exact) mass is 491 g/mol. The summed E-state index contributed by atoms with van der Waals surface area (Å²) in [7, 11) is 0. The summed E-state index contributed by atoms with van der Waals surface area (Å²) in [6.45, 7) is 5.17. The van der Waals surface area contributed by atoms with Gasteiger partial charge in [0.25, 0.3) is 5.69 Å². The van der Waals surface area contributed by atoms with Crippen molar-refractivity contribution in [1.29, 1.82) is 0 Å². The minimum Gasteiger partial charge on any atom is -0.454 e. The molecule has 0 bridgehead atoms. The van der Waals surface area contributed by atoms with E-state index in [1.54, 1.807) is 6.07 Å². The molecule has 36 heavy (non-hydrogen) atoms. The number of nitrogens with zero attached hydrogens (tertiary/aromatic N) is 2. The minimum absolute atomic E-state index is 0.00298. The first-order chi connectivity index (χ1) is 17.3. The SMILES string of the molecule is Cc1cc(C(=O)COC(=O)c2cc([N+](=O)[O-])ccc2NCc2ccccc2)c(C)n1C[C@H]1CCCO1. The number of hydrogen-bond donors (Lipinski definition) is 1. The summed E-state index contributed by atoms with van der Waals surface area (Å²) < 4.78 is 13.1. The maximum atomic E-state index is 12.9. The molecule has 1 aliphatic rings. The number of carbonyl (C=O) groups is 2. The third-order valence-corrected chi connectivity index (χ3v) is 6.38. The Bertz CT molecular complexity index is 1260. The minimum atomic E-state index is -0.809. The molecule has 9 heteroatoms. The Morgan fingerprint density at radius 3 is 2.61 bits per heavy atom. The fourth-order valence-electron chi connectivity index (χ4n) is 4.40. The molecule has 1 aromatic heterocycles. The van der Waals surface area contributed by atoms with Crippen LogP contribution in [0.5, 0.6) is 0 Å². The Balaban J connectivity index is 1.46. The van der Waals surface area contributed by atoms with Gasteiger partial charge in [0.15, 0.2) is 6.61 Å². The number of hydrogen-bond acceptors (Lipinski definition) is 7. The molecule has 0 amide bonds. The molecule has 0 radical (unpaired) electrons. The summed E-state index contributed by atoms with van der Waals surface area (Å²) in [6.07, 6.45) is 2.15. The Morgan fingerprint density at radius 1 is 1.14 bits per heavy atom. The summed E-state index contributed by atoms with van der Waals surface area (Å²) >= 11 is 0. The van der Waals surface area contributed by atoms with E-state index in [1.165, 1.54) is 12.1 Å². The van der Waals surface area contributed by atoms with Crippen molar-refractivity contribution >= 4 is 23.1 Å². The predicted octanol–water partition coefficient (Wildman–Crippen LogP) is 4.84. The van der Waals surface area contributed by atoms with Crippen LogP contribution in [-0.4, -0.2) is 40.6 Å². The largest absolute Gasteiger partial charge is 0.454 e. The van der Waals surface area contributed by atoms with Crippen LogP contribution in [-0.2, 0) is 22.6 Å². The number of benzene rings is 2. The number of nitrogens with one attached hydrogen (secondary N) is 1. The Kier molecular flexibility index (Phi) is 7.80. The van der Waals surface area contributed by atoms with Gasteiger partial charge in [-0.05, 0) is 44.4 Å². The quantitative estimate of drug-likeness (QED) is 0.187. The molecule has 1 saturated heterocycles. The first-order valence-electron chi connectivity index (χ1n) is 11.9. The van der Waals surface area contributed by atoms with Gasteiger partial charge in [0.2, 0.25) is 5.78 Å². The van der Waals surface area contributed by atoms with E-state index in [9.17, 15) is 19.7 Å². The summed E-state index contributed by atoms with van der Waals surface area (Å²) in [5.41, 5.74) is 3.33. The van der Waals surface area contributed by atoms with Gasteiger partial charge in [-0.15, -0.1) is 0 Å². The van der Waals surface area contributed by atoms with Crippen molar-refractivity contribution in [1.82, 2.24) is 4.57 Å². The summed E-state index contributed by atoms with van der Waals surface area (Å²) in [5, 5.41) is 14.4. The molecular formula is C27H29N3O6. The third-order valence-electron chi connectivity index (χ3n) is 6.38. The van der Waals surface area contributed by atoms with Crippen molar-refractivity contribution in [3.63, 3.8) is 0 Å². The van der Waals surface area contributed by atoms with Crippen LogP contribution in [0.15, 0.2) is 54.6 Å². The van der Waals surface area contributed by atoms with Gasteiger partial charge >= 0.3 is 5.97 Å². The number of non-ortho nitro benzene ring substituents is 1. The second-order valence-corrected chi connectivity index (χ2v) is 8.86. The smallest absolute Gasteiger partial charge is 0.340 e. The maximum Gasteiger partial charge on any atom is 0.340 e. The van der Waals surface area contributed by atoms with E-state index in [-0.39, 0.29) is 23.1 Å². The van der Waals surface area contributed by atoms with Crippen molar-refractivity contribution in [3.05, 3.63) is 92.8 Å².